The van der Waals surface area contributed by atoms with Gasteiger partial charge in [-0.1, -0.05) is 46.3 Å². The van der Waals surface area contributed by atoms with E-state index >= 15 is 0 Å². The van der Waals surface area contributed by atoms with E-state index in [0.717, 1.165) is 11.1 Å². The molecular formula is C14H15BrO. The number of fused-ring (bicyclic) bond motifs is 1. The summed E-state index contributed by atoms with van der Waals surface area (Å²) in [6.07, 6.45) is 0. The summed E-state index contributed by atoms with van der Waals surface area (Å²) in [6, 6.07) is 14.5. The molecular weight excluding hydrogens is 264 g/mol. The highest BCUT2D eigenvalue weighted by Crippen LogP contribution is 2.24. The van der Waals surface area contributed by atoms with Gasteiger partial charge in [0.25, 0.3) is 0 Å². The molecule has 0 saturated heterocycles. The van der Waals surface area contributed by atoms with E-state index in [2.05, 4.69) is 54.0 Å². The molecule has 0 spiro atoms. The lowest BCUT2D eigenvalue weighted by Crippen LogP contribution is -2.29. The molecule has 0 fully saturated rings. The normalized spacial score (nSPS) is 11.7. The van der Waals surface area contributed by atoms with Crippen LogP contribution in [-0.2, 0) is 0 Å². The maximum atomic E-state index is 5.91. The van der Waals surface area contributed by atoms with E-state index in [4.69, 9.17) is 4.74 Å². The number of hydrogen-bond acceptors (Lipinski definition) is 1. The topological polar surface area (TPSA) is 9.23 Å². The van der Waals surface area contributed by atoms with Crippen molar-refractivity contribution in [1.29, 1.82) is 0 Å². The number of benzene rings is 2. The van der Waals surface area contributed by atoms with Gasteiger partial charge in [-0.25, -0.2) is 0 Å². The van der Waals surface area contributed by atoms with Gasteiger partial charge in [-0.3, -0.25) is 0 Å². The first kappa shape index (κ1) is 11.5. The molecule has 0 saturated carbocycles. The van der Waals surface area contributed by atoms with Crippen LogP contribution in [0, 0.1) is 0 Å². The SMILES string of the molecule is CC(C)(CBr)Oc1ccc2ccccc2c1. The zero-order valence-corrected chi connectivity index (χ0v) is 11.1. The molecule has 2 rings (SSSR count). The lowest BCUT2D eigenvalue weighted by atomic mass is 10.1. The average molecular weight is 279 g/mol. The van der Waals surface area contributed by atoms with Crippen LogP contribution in [0.15, 0.2) is 42.5 Å². The molecule has 0 unspecified atom stereocenters. The second-order valence-electron chi connectivity index (χ2n) is 4.50. The summed E-state index contributed by atoms with van der Waals surface area (Å²) in [4.78, 5) is 0. The second-order valence-corrected chi connectivity index (χ2v) is 5.07. The fourth-order valence-electron chi connectivity index (χ4n) is 1.58. The van der Waals surface area contributed by atoms with Crippen LogP contribution in [0.2, 0.25) is 0 Å². The number of ether oxygens (including phenoxy) is 1. The van der Waals surface area contributed by atoms with Gasteiger partial charge in [0.05, 0.1) is 0 Å². The van der Waals surface area contributed by atoms with Gasteiger partial charge in [0.1, 0.15) is 11.4 Å². The molecule has 0 radical (unpaired) electrons. The van der Waals surface area contributed by atoms with Crippen molar-refractivity contribution in [3.05, 3.63) is 42.5 Å². The summed E-state index contributed by atoms with van der Waals surface area (Å²) in [5, 5.41) is 3.27. The van der Waals surface area contributed by atoms with E-state index in [-0.39, 0.29) is 5.60 Å². The third-order valence-corrected chi connectivity index (χ3v) is 3.79. The van der Waals surface area contributed by atoms with Gasteiger partial charge in [-0.05, 0) is 36.8 Å². The number of halogens is 1. The van der Waals surface area contributed by atoms with Crippen molar-refractivity contribution in [3.8, 4) is 5.75 Å². The molecule has 2 aromatic rings. The third-order valence-electron chi connectivity index (χ3n) is 2.44. The molecule has 0 aliphatic heterocycles. The van der Waals surface area contributed by atoms with E-state index < -0.39 is 0 Å². The van der Waals surface area contributed by atoms with Gasteiger partial charge in [-0.2, -0.15) is 0 Å². The van der Waals surface area contributed by atoms with Crippen molar-refractivity contribution in [2.45, 2.75) is 19.4 Å². The predicted molar refractivity (Wildman–Crippen MR) is 72.4 cm³/mol. The summed E-state index contributed by atoms with van der Waals surface area (Å²) in [7, 11) is 0. The van der Waals surface area contributed by atoms with Crippen molar-refractivity contribution in [2.75, 3.05) is 5.33 Å². The Balaban J connectivity index is 2.33. The number of rotatable bonds is 3. The molecule has 2 aromatic carbocycles. The van der Waals surface area contributed by atoms with Gasteiger partial charge in [-0.15, -0.1) is 0 Å². The van der Waals surface area contributed by atoms with E-state index in [1.807, 2.05) is 18.2 Å². The average Bonchev–Trinajstić information content (AvgIpc) is 2.28. The summed E-state index contributed by atoms with van der Waals surface area (Å²) in [5.74, 6) is 0.920. The number of hydrogen-bond donors (Lipinski definition) is 0. The minimum absolute atomic E-state index is 0.178. The van der Waals surface area contributed by atoms with Crippen LogP contribution in [0.5, 0.6) is 5.75 Å². The van der Waals surface area contributed by atoms with Crippen LogP contribution in [0.1, 0.15) is 13.8 Å². The standard InChI is InChI=1S/C14H15BrO/c1-14(2,10-15)16-13-8-7-11-5-3-4-6-12(11)9-13/h3-9H,10H2,1-2H3. The molecule has 0 bridgehead atoms. The first-order valence-electron chi connectivity index (χ1n) is 5.34. The maximum absolute atomic E-state index is 5.91. The molecule has 84 valence electrons. The van der Waals surface area contributed by atoms with Crippen LogP contribution in [0.3, 0.4) is 0 Å². The summed E-state index contributed by atoms with van der Waals surface area (Å²) in [6.45, 7) is 4.13. The van der Waals surface area contributed by atoms with Gasteiger partial charge in [0.15, 0.2) is 0 Å². The molecule has 0 amide bonds. The molecule has 0 heterocycles. The second kappa shape index (κ2) is 4.46. The fraction of sp³-hybridized carbons (Fsp3) is 0.286. The molecule has 2 heteroatoms. The minimum atomic E-state index is -0.178. The molecule has 1 nitrogen and oxygen atoms in total. The summed E-state index contributed by atoms with van der Waals surface area (Å²) < 4.78 is 5.91. The monoisotopic (exact) mass is 278 g/mol. The largest absolute Gasteiger partial charge is 0.487 e. The predicted octanol–water partition coefficient (Wildman–Crippen LogP) is 4.39. The van der Waals surface area contributed by atoms with Gasteiger partial charge in [0.2, 0.25) is 0 Å². The first-order chi connectivity index (χ1) is 7.61. The van der Waals surface area contributed by atoms with Gasteiger partial charge < -0.3 is 4.74 Å². The van der Waals surface area contributed by atoms with Crippen molar-refractivity contribution >= 4 is 26.7 Å². The van der Waals surface area contributed by atoms with E-state index in [1.54, 1.807) is 0 Å². The van der Waals surface area contributed by atoms with Gasteiger partial charge >= 0.3 is 0 Å². The van der Waals surface area contributed by atoms with Gasteiger partial charge in [0, 0.05) is 5.33 Å². The van der Waals surface area contributed by atoms with Crippen molar-refractivity contribution in [2.24, 2.45) is 0 Å². The molecule has 0 N–H and O–H groups in total. The van der Waals surface area contributed by atoms with Crippen LogP contribution >= 0.6 is 15.9 Å². The van der Waals surface area contributed by atoms with Crippen molar-refractivity contribution in [3.63, 3.8) is 0 Å². The van der Waals surface area contributed by atoms with E-state index in [1.165, 1.54) is 10.8 Å². The van der Waals surface area contributed by atoms with Crippen LogP contribution < -0.4 is 4.74 Å². The molecule has 0 aliphatic carbocycles. The molecule has 0 atom stereocenters. The first-order valence-corrected chi connectivity index (χ1v) is 6.47. The Labute approximate surface area is 105 Å². The maximum Gasteiger partial charge on any atom is 0.120 e. The van der Waals surface area contributed by atoms with E-state index in [9.17, 15) is 0 Å². The Morgan fingerprint density at radius 3 is 2.44 bits per heavy atom. The van der Waals surface area contributed by atoms with Crippen LogP contribution in [0.25, 0.3) is 10.8 Å². The fourth-order valence-corrected chi connectivity index (χ4v) is 1.69. The quantitative estimate of drug-likeness (QED) is 0.757. The Kier molecular flexibility index (Phi) is 3.20. The lowest BCUT2D eigenvalue weighted by molar-refractivity contribution is 0.137. The van der Waals surface area contributed by atoms with Crippen LogP contribution in [-0.4, -0.2) is 10.9 Å². The lowest BCUT2D eigenvalue weighted by Gasteiger charge is -2.24. The Morgan fingerprint density at radius 2 is 1.75 bits per heavy atom. The summed E-state index contributed by atoms with van der Waals surface area (Å²) in [5.41, 5.74) is -0.178. The van der Waals surface area contributed by atoms with Crippen molar-refractivity contribution in [1.82, 2.24) is 0 Å². The zero-order valence-electron chi connectivity index (χ0n) is 9.53. The Hall–Kier alpha value is -1.02. The molecule has 0 aromatic heterocycles. The summed E-state index contributed by atoms with van der Waals surface area (Å²) >= 11 is 3.45. The highest BCUT2D eigenvalue weighted by Gasteiger charge is 2.17. The molecule has 16 heavy (non-hydrogen) atoms. The highest BCUT2D eigenvalue weighted by molar-refractivity contribution is 9.09. The molecule has 0 aliphatic rings. The Morgan fingerprint density at radius 1 is 1.06 bits per heavy atom. The minimum Gasteiger partial charge on any atom is -0.487 e. The zero-order chi connectivity index (χ0) is 11.6. The Bertz CT molecular complexity index is 491. The van der Waals surface area contributed by atoms with E-state index in [0.29, 0.717) is 0 Å². The smallest absolute Gasteiger partial charge is 0.120 e. The third kappa shape index (κ3) is 2.56. The van der Waals surface area contributed by atoms with Crippen molar-refractivity contribution < 1.29 is 4.74 Å². The van der Waals surface area contributed by atoms with Crippen LogP contribution in [0.4, 0.5) is 0 Å². The number of alkyl halides is 1. The highest BCUT2D eigenvalue weighted by atomic mass is 79.9.